The largest absolute Gasteiger partial charge is 0.334 e. The Bertz CT molecular complexity index is 237. The molecule has 0 radical (unpaired) electrons. The first-order valence-electron chi connectivity index (χ1n) is 3.11. The number of hydrogen-bond donors (Lipinski definition) is 1. The second-order valence-electron chi connectivity index (χ2n) is 2.17. The van der Waals surface area contributed by atoms with Crippen molar-refractivity contribution in [3.05, 3.63) is 24.8 Å². The van der Waals surface area contributed by atoms with Crippen LogP contribution in [0.25, 0.3) is 5.57 Å². The summed E-state index contributed by atoms with van der Waals surface area (Å²) in [5, 5.41) is 0. The Morgan fingerprint density at radius 2 is 2.60 bits per heavy atom. The van der Waals surface area contributed by atoms with Crippen molar-refractivity contribution in [3.63, 3.8) is 0 Å². The lowest BCUT2D eigenvalue weighted by molar-refractivity contribution is 0.885. The SMILES string of the molecule is C=C(CN)c1nccn1C. The molecule has 1 aromatic heterocycles. The molecule has 0 saturated heterocycles. The number of imidazole rings is 1. The predicted molar refractivity (Wildman–Crippen MR) is 41.3 cm³/mol. The fraction of sp³-hybridized carbons (Fsp3) is 0.286. The highest BCUT2D eigenvalue weighted by atomic mass is 15.0. The van der Waals surface area contributed by atoms with E-state index in [1.807, 2.05) is 17.8 Å². The Balaban J connectivity index is 2.93. The summed E-state index contributed by atoms with van der Waals surface area (Å²) < 4.78 is 1.90. The number of aryl methyl sites for hydroxylation is 1. The van der Waals surface area contributed by atoms with Crippen LogP contribution < -0.4 is 5.73 Å². The van der Waals surface area contributed by atoms with Gasteiger partial charge >= 0.3 is 0 Å². The van der Waals surface area contributed by atoms with Crippen molar-refractivity contribution in [2.24, 2.45) is 12.8 Å². The van der Waals surface area contributed by atoms with Gasteiger partial charge in [-0.15, -0.1) is 0 Å². The molecule has 3 heteroatoms. The van der Waals surface area contributed by atoms with Gasteiger partial charge in [-0.05, 0) is 0 Å². The molecule has 10 heavy (non-hydrogen) atoms. The molecule has 3 nitrogen and oxygen atoms in total. The number of hydrogen-bond acceptors (Lipinski definition) is 2. The minimum atomic E-state index is 0.463. The minimum Gasteiger partial charge on any atom is -0.334 e. The molecule has 1 aromatic rings. The van der Waals surface area contributed by atoms with Gasteiger partial charge in [0.05, 0.1) is 0 Å². The smallest absolute Gasteiger partial charge is 0.136 e. The molecule has 54 valence electrons. The summed E-state index contributed by atoms with van der Waals surface area (Å²) in [6, 6.07) is 0. The van der Waals surface area contributed by atoms with Gasteiger partial charge in [-0.25, -0.2) is 4.98 Å². The Kier molecular flexibility index (Phi) is 1.87. The molecule has 0 amide bonds. The molecular weight excluding hydrogens is 126 g/mol. The molecule has 1 rings (SSSR count). The minimum absolute atomic E-state index is 0.463. The van der Waals surface area contributed by atoms with Crippen LogP contribution in [-0.2, 0) is 7.05 Å². The van der Waals surface area contributed by atoms with Gasteiger partial charge in [-0.2, -0.15) is 0 Å². The number of nitrogens with zero attached hydrogens (tertiary/aromatic N) is 2. The van der Waals surface area contributed by atoms with E-state index < -0.39 is 0 Å². The average Bonchev–Trinajstić information content (AvgIpc) is 2.34. The quantitative estimate of drug-likeness (QED) is 0.641. The molecule has 0 spiro atoms. The maximum Gasteiger partial charge on any atom is 0.136 e. The first-order valence-corrected chi connectivity index (χ1v) is 3.11. The van der Waals surface area contributed by atoms with Crippen molar-refractivity contribution in [2.45, 2.75) is 0 Å². The molecule has 2 N–H and O–H groups in total. The van der Waals surface area contributed by atoms with Crippen LogP contribution in [0.1, 0.15) is 5.82 Å². The van der Waals surface area contributed by atoms with E-state index in [0.29, 0.717) is 6.54 Å². The van der Waals surface area contributed by atoms with E-state index in [1.165, 1.54) is 0 Å². The van der Waals surface area contributed by atoms with E-state index in [9.17, 15) is 0 Å². The van der Waals surface area contributed by atoms with Crippen LogP contribution in [0, 0.1) is 0 Å². The van der Waals surface area contributed by atoms with E-state index in [-0.39, 0.29) is 0 Å². The maximum absolute atomic E-state index is 5.38. The van der Waals surface area contributed by atoms with E-state index in [4.69, 9.17) is 5.73 Å². The lowest BCUT2D eigenvalue weighted by Gasteiger charge is -2.00. The van der Waals surface area contributed by atoms with E-state index in [2.05, 4.69) is 11.6 Å². The second kappa shape index (κ2) is 2.66. The van der Waals surface area contributed by atoms with Gasteiger partial charge < -0.3 is 10.3 Å². The lowest BCUT2D eigenvalue weighted by atomic mass is 10.3. The Labute approximate surface area is 60.2 Å². The number of aromatic nitrogens is 2. The summed E-state index contributed by atoms with van der Waals surface area (Å²) in [6.45, 7) is 4.23. The topological polar surface area (TPSA) is 43.8 Å². The first kappa shape index (κ1) is 7.02. The van der Waals surface area contributed by atoms with Crippen molar-refractivity contribution in [1.29, 1.82) is 0 Å². The third-order valence-corrected chi connectivity index (χ3v) is 1.38. The molecule has 0 atom stereocenters. The van der Waals surface area contributed by atoms with Crippen molar-refractivity contribution in [2.75, 3.05) is 6.54 Å². The first-order chi connectivity index (χ1) is 4.75. The maximum atomic E-state index is 5.38. The molecular formula is C7H11N3. The van der Waals surface area contributed by atoms with Crippen LogP contribution in [-0.4, -0.2) is 16.1 Å². The molecule has 0 aliphatic heterocycles. The molecule has 1 heterocycles. The average molecular weight is 137 g/mol. The summed E-state index contributed by atoms with van der Waals surface area (Å²) in [4.78, 5) is 4.07. The lowest BCUT2D eigenvalue weighted by Crippen LogP contribution is -2.05. The van der Waals surface area contributed by atoms with Crippen molar-refractivity contribution in [1.82, 2.24) is 9.55 Å². The normalized spacial score (nSPS) is 9.80. The van der Waals surface area contributed by atoms with Crippen LogP contribution in [0.15, 0.2) is 19.0 Å². The summed E-state index contributed by atoms with van der Waals surface area (Å²) in [5.74, 6) is 0.863. The summed E-state index contributed by atoms with van der Waals surface area (Å²) in [7, 11) is 1.92. The van der Waals surface area contributed by atoms with Gasteiger partial charge in [0.1, 0.15) is 5.82 Å². The molecule has 0 aliphatic rings. The second-order valence-corrected chi connectivity index (χ2v) is 2.17. The molecule has 0 aromatic carbocycles. The monoisotopic (exact) mass is 137 g/mol. The van der Waals surface area contributed by atoms with Gasteiger partial charge in [0, 0.05) is 31.6 Å². The Hall–Kier alpha value is -1.09. The van der Waals surface area contributed by atoms with E-state index in [0.717, 1.165) is 11.4 Å². The summed E-state index contributed by atoms with van der Waals surface area (Å²) >= 11 is 0. The van der Waals surface area contributed by atoms with Gasteiger partial charge in [0.2, 0.25) is 0 Å². The fourth-order valence-electron chi connectivity index (χ4n) is 0.798. The van der Waals surface area contributed by atoms with Gasteiger partial charge in [-0.3, -0.25) is 0 Å². The highest BCUT2D eigenvalue weighted by molar-refractivity contribution is 5.58. The zero-order valence-electron chi connectivity index (χ0n) is 6.04. The van der Waals surface area contributed by atoms with Crippen LogP contribution >= 0.6 is 0 Å². The van der Waals surface area contributed by atoms with Gasteiger partial charge in [-0.1, -0.05) is 6.58 Å². The number of rotatable bonds is 2. The Morgan fingerprint density at radius 3 is 3.00 bits per heavy atom. The van der Waals surface area contributed by atoms with E-state index >= 15 is 0 Å². The van der Waals surface area contributed by atoms with Gasteiger partial charge in [0.25, 0.3) is 0 Å². The van der Waals surface area contributed by atoms with Crippen molar-refractivity contribution < 1.29 is 0 Å². The van der Waals surface area contributed by atoms with Crippen LogP contribution in [0.2, 0.25) is 0 Å². The molecule has 0 bridgehead atoms. The van der Waals surface area contributed by atoms with Crippen molar-refractivity contribution in [3.8, 4) is 0 Å². The van der Waals surface area contributed by atoms with Gasteiger partial charge in [0.15, 0.2) is 0 Å². The highest BCUT2D eigenvalue weighted by Crippen LogP contribution is 2.05. The third-order valence-electron chi connectivity index (χ3n) is 1.38. The summed E-state index contributed by atoms with van der Waals surface area (Å²) in [6.07, 6.45) is 3.60. The molecule has 0 saturated carbocycles. The summed E-state index contributed by atoms with van der Waals surface area (Å²) in [5.41, 5.74) is 6.25. The Morgan fingerprint density at radius 1 is 1.90 bits per heavy atom. The predicted octanol–water partition coefficient (Wildman–Crippen LogP) is 0.392. The van der Waals surface area contributed by atoms with Crippen LogP contribution in [0.3, 0.4) is 0 Å². The van der Waals surface area contributed by atoms with Crippen molar-refractivity contribution >= 4 is 5.57 Å². The standard InChI is InChI=1S/C7H11N3/c1-6(5-8)7-9-3-4-10(7)2/h3-4H,1,5,8H2,2H3. The highest BCUT2D eigenvalue weighted by Gasteiger charge is 1.99. The molecule has 0 unspecified atom stereocenters. The van der Waals surface area contributed by atoms with Crippen LogP contribution in [0.5, 0.6) is 0 Å². The van der Waals surface area contributed by atoms with Crippen LogP contribution in [0.4, 0.5) is 0 Å². The molecule has 0 aliphatic carbocycles. The third kappa shape index (κ3) is 1.09. The molecule has 0 fully saturated rings. The fourth-order valence-corrected chi connectivity index (χ4v) is 0.798. The van der Waals surface area contributed by atoms with E-state index in [1.54, 1.807) is 6.20 Å². The zero-order valence-corrected chi connectivity index (χ0v) is 6.04. The zero-order chi connectivity index (χ0) is 7.56. The number of nitrogens with two attached hydrogens (primary N) is 1.